The Morgan fingerprint density at radius 1 is 1.36 bits per heavy atom. The lowest BCUT2D eigenvalue weighted by atomic mass is 10.1. The van der Waals surface area contributed by atoms with E-state index in [4.69, 9.17) is 9.52 Å². The van der Waals surface area contributed by atoms with Crippen molar-refractivity contribution >= 4 is 0 Å². The zero-order valence-corrected chi connectivity index (χ0v) is 8.73. The zero-order valence-electron chi connectivity index (χ0n) is 8.73. The molecule has 3 nitrogen and oxygen atoms in total. The van der Waals surface area contributed by atoms with Crippen molar-refractivity contribution in [3.05, 3.63) is 23.7 Å². The van der Waals surface area contributed by atoms with Crippen molar-refractivity contribution in [2.45, 2.75) is 32.8 Å². The van der Waals surface area contributed by atoms with E-state index in [0.29, 0.717) is 12.2 Å². The molecule has 3 heteroatoms. The average molecular weight is 198 g/mol. The van der Waals surface area contributed by atoms with Crippen LogP contribution in [0.15, 0.2) is 16.5 Å². The van der Waals surface area contributed by atoms with Crippen LogP contribution < -0.4 is 0 Å². The molecule has 0 aliphatic rings. The van der Waals surface area contributed by atoms with E-state index in [-0.39, 0.29) is 12.5 Å². The van der Waals surface area contributed by atoms with Crippen LogP contribution in [0.5, 0.6) is 0 Å². The van der Waals surface area contributed by atoms with Gasteiger partial charge in [-0.2, -0.15) is 0 Å². The number of hydrogen-bond acceptors (Lipinski definition) is 3. The molecule has 0 aliphatic heterocycles. The van der Waals surface area contributed by atoms with Gasteiger partial charge in [0.1, 0.15) is 17.6 Å². The second-order valence-electron chi connectivity index (χ2n) is 3.82. The molecule has 2 N–H and O–H groups in total. The first-order valence-electron chi connectivity index (χ1n) is 5.02. The molecule has 0 saturated carbocycles. The van der Waals surface area contributed by atoms with Crippen LogP contribution >= 0.6 is 0 Å². The largest absolute Gasteiger partial charge is 0.463 e. The number of aliphatic hydroxyl groups excluding tert-OH is 2. The highest BCUT2D eigenvalue weighted by Crippen LogP contribution is 2.23. The Labute approximate surface area is 84.4 Å². The van der Waals surface area contributed by atoms with Crippen LogP contribution in [0.3, 0.4) is 0 Å². The summed E-state index contributed by atoms with van der Waals surface area (Å²) in [6.45, 7) is 4.06. The predicted octanol–water partition coefficient (Wildman–Crippen LogP) is 1.89. The summed E-state index contributed by atoms with van der Waals surface area (Å²) in [7, 11) is 0. The van der Waals surface area contributed by atoms with Gasteiger partial charge >= 0.3 is 0 Å². The van der Waals surface area contributed by atoms with Gasteiger partial charge in [0.25, 0.3) is 0 Å². The number of furan rings is 1. The van der Waals surface area contributed by atoms with Crippen LogP contribution in [-0.2, 0) is 6.42 Å². The Hall–Kier alpha value is -0.800. The first-order valence-corrected chi connectivity index (χ1v) is 5.02. The molecule has 0 aliphatic carbocycles. The van der Waals surface area contributed by atoms with E-state index < -0.39 is 6.10 Å². The highest BCUT2D eigenvalue weighted by molar-refractivity contribution is 5.09. The molecule has 14 heavy (non-hydrogen) atoms. The summed E-state index contributed by atoms with van der Waals surface area (Å²) in [5, 5.41) is 18.3. The fourth-order valence-electron chi connectivity index (χ4n) is 1.27. The molecule has 0 saturated heterocycles. The van der Waals surface area contributed by atoms with Gasteiger partial charge in [0.05, 0.1) is 0 Å². The summed E-state index contributed by atoms with van der Waals surface area (Å²) in [4.78, 5) is 0. The van der Waals surface area contributed by atoms with Gasteiger partial charge in [-0.1, -0.05) is 13.8 Å². The molecule has 0 aromatic carbocycles. The smallest absolute Gasteiger partial charge is 0.132 e. The second kappa shape index (κ2) is 5.17. The third kappa shape index (κ3) is 2.86. The highest BCUT2D eigenvalue weighted by Gasteiger charge is 2.15. The van der Waals surface area contributed by atoms with E-state index in [0.717, 1.165) is 12.2 Å². The van der Waals surface area contributed by atoms with Gasteiger partial charge in [-0.05, 0) is 24.5 Å². The van der Waals surface area contributed by atoms with E-state index in [1.165, 1.54) is 0 Å². The van der Waals surface area contributed by atoms with Gasteiger partial charge in [-0.15, -0.1) is 0 Å². The van der Waals surface area contributed by atoms with Gasteiger partial charge in [-0.25, -0.2) is 0 Å². The van der Waals surface area contributed by atoms with Crippen molar-refractivity contribution in [3.8, 4) is 0 Å². The van der Waals surface area contributed by atoms with E-state index in [2.05, 4.69) is 0 Å². The lowest BCUT2D eigenvalue weighted by Crippen LogP contribution is -2.03. The second-order valence-corrected chi connectivity index (χ2v) is 3.82. The molecule has 1 atom stereocenters. The van der Waals surface area contributed by atoms with E-state index in [9.17, 15) is 5.11 Å². The third-order valence-electron chi connectivity index (χ3n) is 2.19. The van der Waals surface area contributed by atoms with Crippen molar-refractivity contribution in [3.63, 3.8) is 0 Å². The standard InChI is InChI=1S/C11H18O3/c1-8(2)11(13)10-6-5-9(14-10)4-3-7-12/h5-6,8,11-13H,3-4,7H2,1-2H3/t11-/m1/s1. The van der Waals surface area contributed by atoms with Gasteiger partial charge in [0.15, 0.2) is 0 Å². The van der Waals surface area contributed by atoms with Gasteiger partial charge in [-0.3, -0.25) is 0 Å². The average Bonchev–Trinajstić information content (AvgIpc) is 2.61. The molecular weight excluding hydrogens is 180 g/mol. The third-order valence-corrected chi connectivity index (χ3v) is 2.19. The molecule has 0 unspecified atom stereocenters. The minimum absolute atomic E-state index is 0.159. The number of rotatable bonds is 5. The minimum atomic E-state index is -0.530. The monoisotopic (exact) mass is 198 g/mol. The normalized spacial score (nSPS) is 13.5. The topological polar surface area (TPSA) is 53.6 Å². The Morgan fingerprint density at radius 3 is 2.64 bits per heavy atom. The SMILES string of the molecule is CC(C)[C@@H](O)c1ccc(CCCO)o1. The first-order chi connectivity index (χ1) is 6.65. The van der Waals surface area contributed by atoms with Crippen molar-refractivity contribution in [1.29, 1.82) is 0 Å². The van der Waals surface area contributed by atoms with E-state index in [1.807, 2.05) is 19.9 Å². The quantitative estimate of drug-likeness (QED) is 0.759. The van der Waals surface area contributed by atoms with Gasteiger partial charge in [0, 0.05) is 13.0 Å². The first kappa shape index (κ1) is 11.3. The number of aryl methyl sites for hydroxylation is 1. The fourth-order valence-corrected chi connectivity index (χ4v) is 1.27. The Balaban J connectivity index is 2.58. The lowest BCUT2D eigenvalue weighted by Gasteiger charge is -2.10. The van der Waals surface area contributed by atoms with Crippen LogP contribution in [0.1, 0.15) is 37.9 Å². The molecule has 0 amide bonds. The molecule has 0 spiro atoms. The molecule has 0 radical (unpaired) electrons. The molecular formula is C11H18O3. The molecule has 80 valence electrons. The Morgan fingerprint density at radius 2 is 2.07 bits per heavy atom. The Kier molecular flexibility index (Phi) is 4.17. The summed E-state index contributed by atoms with van der Waals surface area (Å²) in [5.74, 6) is 1.61. The maximum absolute atomic E-state index is 9.69. The van der Waals surface area contributed by atoms with E-state index in [1.54, 1.807) is 6.07 Å². The van der Waals surface area contributed by atoms with Crippen LogP contribution in [0.25, 0.3) is 0 Å². The van der Waals surface area contributed by atoms with Crippen molar-refractivity contribution in [2.75, 3.05) is 6.61 Å². The summed E-state index contributed by atoms with van der Waals surface area (Å²) in [6.07, 6.45) is 0.893. The number of aliphatic hydroxyl groups is 2. The van der Waals surface area contributed by atoms with Crippen LogP contribution in [0, 0.1) is 5.92 Å². The summed E-state index contributed by atoms with van der Waals surface area (Å²) in [5.41, 5.74) is 0. The number of hydrogen-bond donors (Lipinski definition) is 2. The van der Waals surface area contributed by atoms with Crippen molar-refractivity contribution in [1.82, 2.24) is 0 Å². The van der Waals surface area contributed by atoms with Crippen LogP contribution in [0.2, 0.25) is 0 Å². The molecule has 1 aromatic rings. The lowest BCUT2D eigenvalue weighted by molar-refractivity contribution is 0.101. The maximum Gasteiger partial charge on any atom is 0.132 e. The van der Waals surface area contributed by atoms with Crippen LogP contribution in [-0.4, -0.2) is 16.8 Å². The van der Waals surface area contributed by atoms with Crippen molar-refractivity contribution < 1.29 is 14.6 Å². The molecule has 1 heterocycles. The summed E-state index contributed by atoms with van der Waals surface area (Å²) in [6, 6.07) is 3.66. The summed E-state index contributed by atoms with van der Waals surface area (Å²) >= 11 is 0. The van der Waals surface area contributed by atoms with Crippen molar-refractivity contribution in [2.24, 2.45) is 5.92 Å². The Bertz CT molecular complexity index is 265. The minimum Gasteiger partial charge on any atom is -0.463 e. The predicted molar refractivity (Wildman–Crippen MR) is 53.9 cm³/mol. The molecule has 1 rings (SSSR count). The maximum atomic E-state index is 9.69. The molecule has 1 aromatic heterocycles. The fraction of sp³-hybridized carbons (Fsp3) is 0.636. The molecule has 0 bridgehead atoms. The van der Waals surface area contributed by atoms with Gasteiger partial charge in [0.2, 0.25) is 0 Å². The molecule has 0 fully saturated rings. The van der Waals surface area contributed by atoms with E-state index >= 15 is 0 Å². The van der Waals surface area contributed by atoms with Gasteiger partial charge < -0.3 is 14.6 Å². The van der Waals surface area contributed by atoms with Crippen LogP contribution in [0.4, 0.5) is 0 Å². The highest BCUT2D eigenvalue weighted by atomic mass is 16.4. The summed E-state index contributed by atoms with van der Waals surface area (Å²) < 4.78 is 5.45. The zero-order chi connectivity index (χ0) is 10.6.